The topological polar surface area (TPSA) is 141 Å². The van der Waals surface area contributed by atoms with Gasteiger partial charge in [-0.3, -0.25) is 4.55 Å². The summed E-state index contributed by atoms with van der Waals surface area (Å²) in [5.41, 5.74) is -0.519. The van der Waals surface area contributed by atoms with Gasteiger partial charge < -0.3 is 19.5 Å². The molecule has 0 bridgehead atoms. The predicted octanol–water partition coefficient (Wildman–Crippen LogP) is -0.0224. The first-order valence-electron chi connectivity index (χ1n) is 3.67. The Morgan fingerprint density at radius 1 is 1.25 bits per heavy atom. The van der Waals surface area contributed by atoms with E-state index < -0.39 is 39.2 Å². The zero-order valence-corrected chi connectivity index (χ0v) is 8.30. The standard InChI is InChI=1S/C7H6O8S/c8-4-1-3(7(10)11)2-5(6(4)9)15-16(12,13)14/h1-2,8-9H,(H,10,11)(H,12,13,14). The molecule has 0 fully saturated rings. The Balaban J connectivity index is 3.33. The Morgan fingerprint density at radius 2 is 1.81 bits per heavy atom. The average Bonchev–Trinajstić information content (AvgIpc) is 2.10. The van der Waals surface area contributed by atoms with E-state index in [1.807, 2.05) is 0 Å². The van der Waals surface area contributed by atoms with Gasteiger partial charge in [0.1, 0.15) is 0 Å². The summed E-state index contributed by atoms with van der Waals surface area (Å²) in [6.07, 6.45) is 0. The van der Waals surface area contributed by atoms with Crippen LogP contribution in [0.5, 0.6) is 17.2 Å². The third-order valence-electron chi connectivity index (χ3n) is 1.50. The van der Waals surface area contributed by atoms with Crippen LogP contribution >= 0.6 is 0 Å². The van der Waals surface area contributed by atoms with E-state index in [4.69, 9.17) is 19.9 Å². The van der Waals surface area contributed by atoms with Crippen molar-refractivity contribution >= 4 is 16.4 Å². The number of aromatic hydroxyl groups is 2. The molecule has 0 unspecified atom stereocenters. The van der Waals surface area contributed by atoms with Crippen molar-refractivity contribution in [3.05, 3.63) is 17.7 Å². The van der Waals surface area contributed by atoms with Crippen LogP contribution in [0.4, 0.5) is 0 Å². The van der Waals surface area contributed by atoms with Crippen LogP contribution in [0.3, 0.4) is 0 Å². The van der Waals surface area contributed by atoms with E-state index in [1.165, 1.54) is 0 Å². The van der Waals surface area contributed by atoms with Gasteiger partial charge >= 0.3 is 16.4 Å². The first-order chi connectivity index (χ1) is 7.20. The molecule has 1 aromatic carbocycles. The highest BCUT2D eigenvalue weighted by Crippen LogP contribution is 2.37. The molecule has 16 heavy (non-hydrogen) atoms. The van der Waals surface area contributed by atoms with Gasteiger partial charge in [-0.2, -0.15) is 8.42 Å². The van der Waals surface area contributed by atoms with Gasteiger partial charge in [-0.15, -0.1) is 0 Å². The summed E-state index contributed by atoms with van der Waals surface area (Å²) in [7, 11) is -4.92. The maximum Gasteiger partial charge on any atom is 0.446 e. The number of phenols is 2. The fourth-order valence-corrected chi connectivity index (χ4v) is 1.25. The number of hydrogen-bond acceptors (Lipinski definition) is 6. The SMILES string of the molecule is O=C(O)c1cc(O)c(O)c(OS(=O)(=O)O)c1. The molecule has 0 saturated carbocycles. The minimum Gasteiger partial charge on any atom is -0.504 e. The van der Waals surface area contributed by atoms with Crippen molar-refractivity contribution < 1.29 is 37.3 Å². The molecule has 0 heterocycles. The molecule has 1 aromatic rings. The van der Waals surface area contributed by atoms with Crippen molar-refractivity contribution in [2.75, 3.05) is 0 Å². The van der Waals surface area contributed by atoms with Crippen molar-refractivity contribution in [3.63, 3.8) is 0 Å². The lowest BCUT2D eigenvalue weighted by Crippen LogP contribution is -2.07. The Bertz CT molecular complexity index is 532. The summed E-state index contributed by atoms with van der Waals surface area (Å²) in [4.78, 5) is 10.5. The second-order valence-electron chi connectivity index (χ2n) is 2.66. The molecule has 4 N–H and O–H groups in total. The van der Waals surface area contributed by atoms with Crippen molar-refractivity contribution in [2.24, 2.45) is 0 Å². The van der Waals surface area contributed by atoms with E-state index in [0.717, 1.165) is 0 Å². The van der Waals surface area contributed by atoms with Gasteiger partial charge in [0.2, 0.25) is 5.75 Å². The zero-order valence-electron chi connectivity index (χ0n) is 7.48. The highest BCUT2D eigenvalue weighted by Gasteiger charge is 2.18. The van der Waals surface area contributed by atoms with Crippen molar-refractivity contribution in [3.8, 4) is 17.2 Å². The molecule has 0 atom stereocenters. The van der Waals surface area contributed by atoms with Crippen LogP contribution in [0, 0.1) is 0 Å². The fraction of sp³-hybridized carbons (Fsp3) is 0. The third-order valence-corrected chi connectivity index (χ3v) is 1.89. The molecule has 0 aliphatic heterocycles. The van der Waals surface area contributed by atoms with Crippen LogP contribution in [0.2, 0.25) is 0 Å². The van der Waals surface area contributed by atoms with Gasteiger partial charge in [-0.1, -0.05) is 0 Å². The Kier molecular flexibility index (Phi) is 2.92. The van der Waals surface area contributed by atoms with E-state index in [9.17, 15) is 13.2 Å². The Labute approximate surface area is 89.3 Å². The molecule has 0 spiro atoms. The largest absolute Gasteiger partial charge is 0.504 e. The van der Waals surface area contributed by atoms with Crippen LogP contribution in [0.1, 0.15) is 10.4 Å². The minimum atomic E-state index is -4.92. The van der Waals surface area contributed by atoms with Crippen LogP contribution in [0.15, 0.2) is 12.1 Å². The number of phenolic OH excluding ortho intramolecular Hbond substituents is 2. The number of carbonyl (C=O) groups is 1. The van der Waals surface area contributed by atoms with Crippen LogP contribution in [0.25, 0.3) is 0 Å². The lowest BCUT2D eigenvalue weighted by Gasteiger charge is -2.06. The first-order valence-corrected chi connectivity index (χ1v) is 5.03. The zero-order chi connectivity index (χ0) is 12.5. The van der Waals surface area contributed by atoms with Crippen molar-refractivity contribution in [2.45, 2.75) is 0 Å². The molecule has 9 heteroatoms. The highest BCUT2D eigenvalue weighted by atomic mass is 32.3. The summed E-state index contributed by atoms with van der Waals surface area (Å²) in [5, 5.41) is 26.7. The number of rotatable bonds is 3. The van der Waals surface area contributed by atoms with Gasteiger partial charge in [0.15, 0.2) is 11.5 Å². The number of benzene rings is 1. The second kappa shape index (κ2) is 3.87. The van der Waals surface area contributed by atoms with E-state index >= 15 is 0 Å². The maximum absolute atomic E-state index is 10.5. The number of hydrogen-bond donors (Lipinski definition) is 4. The molecule has 0 aromatic heterocycles. The highest BCUT2D eigenvalue weighted by molar-refractivity contribution is 7.81. The van der Waals surface area contributed by atoms with Gasteiger partial charge in [0.25, 0.3) is 0 Å². The van der Waals surface area contributed by atoms with Gasteiger partial charge in [0, 0.05) is 6.07 Å². The summed E-state index contributed by atoms with van der Waals surface area (Å²) in [6.45, 7) is 0. The molecule has 0 amide bonds. The first kappa shape index (κ1) is 12.1. The van der Waals surface area contributed by atoms with Crippen molar-refractivity contribution in [1.82, 2.24) is 0 Å². The smallest absolute Gasteiger partial charge is 0.446 e. The van der Waals surface area contributed by atoms with Crippen LogP contribution in [-0.2, 0) is 10.4 Å². The van der Waals surface area contributed by atoms with E-state index in [-0.39, 0.29) is 0 Å². The summed E-state index contributed by atoms with van der Waals surface area (Å²) >= 11 is 0. The molecule has 0 aliphatic carbocycles. The van der Waals surface area contributed by atoms with Crippen LogP contribution < -0.4 is 4.18 Å². The van der Waals surface area contributed by atoms with Crippen LogP contribution in [-0.4, -0.2) is 34.3 Å². The molecule has 88 valence electrons. The van der Waals surface area contributed by atoms with Gasteiger partial charge in [-0.05, 0) is 6.07 Å². The Hall–Kier alpha value is -2.00. The number of carboxylic acid groups (broad SMARTS) is 1. The number of aromatic carboxylic acids is 1. The monoisotopic (exact) mass is 250 g/mol. The Morgan fingerprint density at radius 3 is 2.25 bits per heavy atom. The molecular weight excluding hydrogens is 244 g/mol. The lowest BCUT2D eigenvalue weighted by molar-refractivity contribution is 0.0696. The molecule has 8 nitrogen and oxygen atoms in total. The normalized spacial score (nSPS) is 11.1. The number of carboxylic acids is 1. The molecule has 0 radical (unpaired) electrons. The molecule has 1 rings (SSSR count). The second-order valence-corrected chi connectivity index (χ2v) is 3.68. The average molecular weight is 250 g/mol. The fourth-order valence-electron chi connectivity index (χ4n) is 0.894. The van der Waals surface area contributed by atoms with E-state index in [0.29, 0.717) is 12.1 Å². The summed E-state index contributed by atoms with van der Waals surface area (Å²) in [5.74, 6) is -4.25. The quantitative estimate of drug-likeness (QED) is 0.433. The summed E-state index contributed by atoms with van der Waals surface area (Å²) < 4.78 is 32.9. The summed E-state index contributed by atoms with van der Waals surface area (Å²) in [6, 6.07) is 1.32. The van der Waals surface area contributed by atoms with E-state index in [2.05, 4.69) is 4.18 Å². The molecular formula is C7H6O8S. The predicted molar refractivity (Wildman–Crippen MR) is 48.9 cm³/mol. The van der Waals surface area contributed by atoms with Crippen molar-refractivity contribution in [1.29, 1.82) is 0 Å². The van der Waals surface area contributed by atoms with Gasteiger partial charge in [-0.25, -0.2) is 4.79 Å². The lowest BCUT2D eigenvalue weighted by atomic mass is 10.2. The van der Waals surface area contributed by atoms with E-state index in [1.54, 1.807) is 0 Å². The van der Waals surface area contributed by atoms with Gasteiger partial charge in [0.05, 0.1) is 5.56 Å². The third kappa shape index (κ3) is 2.74. The molecule has 0 aliphatic rings. The molecule has 0 saturated heterocycles. The minimum absolute atomic E-state index is 0.519. The maximum atomic E-state index is 10.5.